The summed E-state index contributed by atoms with van der Waals surface area (Å²) in [5.41, 5.74) is 0.524. The molecule has 0 bridgehead atoms. The summed E-state index contributed by atoms with van der Waals surface area (Å²) in [6.07, 6.45) is 4.12. The van der Waals surface area contributed by atoms with Gasteiger partial charge in [0.2, 0.25) is 0 Å². The maximum absolute atomic E-state index is 12.5. The van der Waals surface area contributed by atoms with Crippen LogP contribution < -0.4 is 14.8 Å². The number of halogens is 2. The molecule has 0 aromatic heterocycles. The molecule has 1 N–H and O–H groups in total. The maximum Gasteiger partial charge on any atom is 0.387 e. The largest absolute Gasteiger partial charge is 0.497 e. The molecule has 118 valence electrons. The first-order valence-electron chi connectivity index (χ1n) is 7.04. The van der Waals surface area contributed by atoms with E-state index in [9.17, 15) is 8.78 Å². The predicted octanol–water partition coefficient (Wildman–Crippen LogP) is 3.67. The third-order valence-corrected chi connectivity index (χ3v) is 3.72. The Kier molecular flexibility index (Phi) is 5.61. The number of nitrogens with one attached hydrogen (secondary N) is 1. The molecule has 0 spiro atoms. The Morgan fingerprint density at radius 1 is 1.24 bits per heavy atom. The van der Waals surface area contributed by atoms with Gasteiger partial charge in [-0.2, -0.15) is 8.78 Å². The van der Waals surface area contributed by atoms with E-state index in [-0.39, 0.29) is 17.9 Å². The fourth-order valence-electron chi connectivity index (χ4n) is 2.66. The first-order chi connectivity index (χ1) is 10.1. The minimum Gasteiger partial charge on any atom is -0.497 e. The summed E-state index contributed by atoms with van der Waals surface area (Å²) in [7, 11) is 3.23. The lowest BCUT2D eigenvalue weighted by molar-refractivity contribution is -0.0494. The summed E-state index contributed by atoms with van der Waals surface area (Å²) in [6, 6.07) is 4.94. The van der Waals surface area contributed by atoms with Gasteiger partial charge in [-0.1, -0.05) is 0 Å². The van der Waals surface area contributed by atoms with E-state index in [4.69, 9.17) is 9.47 Å². The lowest BCUT2D eigenvalue weighted by atomic mass is 9.92. The van der Waals surface area contributed by atoms with Crippen LogP contribution in [0, 0.1) is 0 Å². The molecule has 0 radical (unpaired) electrons. The molecule has 1 saturated carbocycles. The Morgan fingerprint density at radius 3 is 2.71 bits per heavy atom. The van der Waals surface area contributed by atoms with Gasteiger partial charge in [-0.15, -0.1) is 0 Å². The Balaban J connectivity index is 2.12. The zero-order valence-corrected chi connectivity index (χ0v) is 12.3. The molecule has 6 heteroatoms. The van der Waals surface area contributed by atoms with E-state index < -0.39 is 6.61 Å². The fraction of sp³-hybridized carbons (Fsp3) is 0.600. The smallest absolute Gasteiger partial charge is 0.387 e. The van der Waals surface area contributed by atoms with Crippen molar-refractivity contribution in [2.24, 2.45) is 0 Å². The van der Waals surface area contributed by atoms with E-state index in [1.807, 2.05) is 0 Å². The number of anilines is 1. The van der Waals surface area contributed by atoms with Gasteiger partial charge in [0, 0.05) is 19.2 Å². The topological polar surface area (TPSA) is 39.7 Å². The zero-order chi connectivity index (χ0) is 15.2. The van der Waals surface area contributed by atoms with E-state index >= 15 is 0 Å². The van der Waals surface area contributed by atoms with Crippen molar-refractivity contribution >= 4 is 5.69 Å². The second-order valence-corrected chi connectivity index (χ2v) is 5.11. The average Bonchev–Trinajstić information content (AvgIpc) is 2.48. The molecule has 2 atom stereocenters. The molecule has 0 heterocycles. The highest BCUT2D eigenvalue weighted by molar-refractivity contribution is 5.60. The summed E-state index contributed by atoms with van der Waals surface area (Å²) in [6.45, 7) is -2.85. The van der Waals surface area contributed by atoms with Gasteiger partial charge in [-0.3, -0.25) is 0 Å². The highest BCUT2D eigenvalue weighted by Gasteiger charge is 2.23. The Hall–Kier alpha value is -1.56. The Morgan fingerprint density at radius 2 is 2.05 bits per heavy atom. The van der Waals surface area contributed by atoms with Crippen molar-refractivity contribution in [3.8, 4) is 11.5 Å². The van der Waals surface area contributed by atoms with Gasteiger partial charge in [0.1, 0.15) is 11.5 Å². The van der Waals surface area contributed by atoms with Crippen LogP contribution in [0.4, 0.5) is 14.5 Å². The van der Waals surface area contributed by atoms with E-state index in [0.29, 0.717) is 11.4 Å². The van der Waals surface area contributed by atoms with Gasteiger partial charge < -0.3 is 19.5 Å². The molecule has 1 aliphatic carbocycles. The SMILES string of the molecule is COc1ccc(OC(F)F)c(NC2CCCC(OC)C2)c1. The third-order valence-electron chi connectivity index (χ3n) is 3.72. The van der Waals surface area contributed by atoms with Crippen molar-refractivity contribution in [3.05, 3.63) is 18.2 Å². The van der Waals surface area contributed by atoms with E-state index in [1.165, 1.54) is 13.2 Å². The lowest BCUT2D eigenvalue weighted by Gasteiger charge is -2.30. The summed E-state index contributed by atoms with van der Waals surface area (Å²) in [5.74, 6) is 0.726. The minimum absolute atomic E-state index is 0.130. The van der Waals surface area contributed by atoms with Gasteiger partial charge >= 0.3 is 6.61 Å². The Bertz CT molecular complexity index is 457. The zero-order valence-electron chi connectivity index (χ0n) is 12.3. The molecule has 1 aromatic carbocycles. The van der Waals surface area contributed by atoms with Crippen LogP contribution in [0.5, 0.6) is 11.5 Å². The second kappa shape index (κ2) is 7.45. The predicted molar refractivity (Wildman–Crippen MR) is 76.3 cm³/mol. The number of methoxy groups -OCH3 is 2. The van der Waals surface area contributed by atoms with E-state index in [0.717, 1.165) is 25.7 Å². The summed E-state index contributed by atoms with van der Waals surface area (Å²) >= 11 is 0. The lowest BCUT2D eigenvalue weighted by Crippen LogP contribution is -2.31. The van der Waals surface area contributed by atoms with Crippen molar-refractivity contribution in [2.45, 2.75) is 44.4 Å². The first kappa shape index (κ1) is 15.8. The first-order valence-corrected chi connectivity index (χ1v) is 7.04. The minimum atomic E-state index is -2.85. The molecule has 1 aliphatic rings. The van der Waals surface area contributed by atoms with Crippen molar-refractivity contribution in [1.82, 2.24) is 0 Å². The van der Waals surface area contributed by atoms with Gasteiger partial charge in [0.15, 0.2) is 0 Å². The molecule has 21 heavy (non-hydrogen) atoms. The van der Waals surface area contributed by atoms with Gasteiger partial charge in [0.05, 0.1) is 18.9 Å². The third kappa shape index (κ3) is 4.46. The summed E-state index contributed by atoms with van der Waals surface area (Å²) < 4.78 is 40.0. The van der Waals surface area contributed by atoms with Crippen LogP contribution in [-0.2, 0) is 4.74 Å². The normalized spacial score (nSPS) is 22.1. The molecule has 4 nitrogen and oxygen atoms in total. The van der Waals surface area contributed by atoms with Crippen molar-refractivity contribution in [2.75, 3.05) is 19.5 Å². The molecule has 2 rings (SSSR count). The molecule has 0 amide bonds. The van der Waals surface area contributed by atoms with Crippen molar-refractivity contribution in [1.29, 1.82) is 0 Å². The highest BCUT2D eigenvalue weighted by Crippen LogP contribution is 2.33. The van der Waals surface area contributed by atoms with Gasteiger partial charge in [0.25, 0.3) is 0 Å². The van der Waals surface area contributed by atoms with Crippen LogP contribution in [0.3, 0.4) is 0 Å². The summed E-state index contributed by atoms with van der Waals surface area (Å²) in [4.78, 5) is 0. The number of hydrogen-bond donors (Lipinski definition) is 1. The van der Waals surface area contributed by atoms with Crippen LogP contribution >= 0.6 is 0 Å². The maximum atomic E-state index is 12.5. The molecule has 1 fully saturated rings. The number of alkyl halides is 2. The van der Waals surface area contributed by atoms with Crippen LogP contribution in [-0.4, -0.2) is 33.0 Å². The van der Waals surface area contributed by atoms with Crippen LogP contribution in [0.2, 0.25) is 0 Å². The van der Waals surface area contributed by atoms with Gasteiger partial charge in [-0.25, -0.2) is 0 Å². The monoisotopic (exact) mass is 301 g/mol. The molecule has 0 aliphatic heterocycles. The number of benzene rings is 1. The second-order valence-electron chi connectivity index (χ2n) is 5.11. The quantitative estimate of drug-likeness (QED) is 0.870. The molecular formula is C15H21F2NO3. The number of ether oxygens (including phenoxy) is 3. The molecular weight excluding hydrogens is 280 g/mol. The molecule has 2 unspecified atom stereocenters. The standard InChI is InChI=1S/C15H21F2NO3/c1-19-11-5-3-4-10(8-11)18-13-9-12(20-2)6-7-14(13)21-15(16)17/h6-7,9-11,15,18H,3-5,8H2,1-2H3. The summed E-state index contributed by atoms with van der Waals surface area (Å²) in [5, 5.41) is 3.28. The van der Waals surface area contributed by atoms with Gasteiger partial charge in [-0.05, 0) is 37.8 Å². The van der Waals surface area contributed by atoms with E-state index in [1.54, 1.807) is 19.2 Å². The molecule has 1 aromatic rings. The van der Waals surface area contributed by atoms with Crippen LogP contribution in [0.25, 0.3) is 0 Å². The Labute approximate surface area is 123 Å². The average molecular weight is 301 g/mol. The van der Waals surface area contributed by atoms with Crippen molar-refractivity contribution in [3.63, 3.8) is 0 Å². The number of rotatable bonds is 6. The van der Waals surface area contributed by atoms with Crippen LogP contribution in [0.1, 0.15) is 25.7 Å². The number of hydrogen-bond acceptors (Lipinski definition) is 4. The highest BCUT2D eigenvalue weighted by atomic mass is 19.3. The van der Waals surface area contributed by atoms with E-state index in [2.05, 4.69) is 10.1 Å². The molecule has 0 saturated heterocycles. The fourth-order valence-corrected chi connectivity index (χ4v) is 2.66. The van der Waals surface area contributed by atoms with Crippen molar-refractivity contribution < 1.29 is 23.0 Å². The van der Waals surface area contributed by atoms with Crippen LogP contribution in [0.15, 0.2) is 18.2 Å².